The second-order valence-corrected chi connectivity index (χ2v) is 4.79. The Hall–Kier alpha value is -1.86. The molecule has 0 aliphatic carbocycles. The van der Waals surface area contributed by atoms with Gasteiger partial charge in [0.1, 0.15) is 17.1 Å². The van der Waals surface area contributed by atoms with Crippen LogP contribution in [0.4, 0.5) is 0 Å². The highest BCUT2D eigenvalue weighted by Crippen LogP contribution is 2.15. The molecule has 2 aromatic heterocycles. The van der Waals surface area contributed by atoms with E-state index in [1.807, 2.05) is 0 Å². The molecule has 0 aliphatic heterocycles. The smallest absolute Gasteiger partial charge is 0.341 e. The van der Waals surface area contributed by atoms with Gasteiger partial charge in [0.25, 0.3) is 0 Å². The maximum Gasteiger partial charge on any atom is 0.341 e. The summed E-state index contributed by atoms with van der Waals surface area (Å²) >= 11 is 1.13. The minimum Gasteiger partial charge on any atom is -0.465 e. The first-order chi connectivity index (χ1) is 9.10. The highest BCUT2D eigenvalue weighted by Gasteiger charge is 2.14. The van der Waals surface area contributed by atoms with Crippen molar-refractivity contribution in [3.8, 4) is 0 Å². The zero-order chi connectivity index (χ0) is 13.8. The van der Waals surface area contributed by atoms with Crippen LogP contribution in [0.15, 0.2) is 20.7 Å². The van der Waals surface area contributed by atoms with E-state index in [4.69, 9.17) is 4.42 Å². The molecule has 2 rings (SSSR count). The van der Waals surface area contributed by atoms with E-state index in [2.05, 4.69) is 15.0 Å². The molecule has 0 radical (unpaired) electrons. The molecular weight excluding hydrogens is 268 g/mol. The molecule has 7 heteroatoms. The van der Waals surface area contributed by atoms with Crippen LogP contribution in [0.25, 0.3) is 0 Å². The number of furan rings is 1. The molecule has 2 N–H and O–H groups in total. The first-order valence-electron chi connectivity index (χ1n) is 5.65. The standard InChI is InChI=1S/C12H14N2O4S/c1-7-10(11(15)17-2)3-9(18-7)5-13-4-8-6-19-12(16)14-8/h3,6,13H,4-5H2,1-2H3,(H,14,16). The third kappa shape index (κ3) is 3.33. The molecule has 0 aliphatic rings. The summed E-state index contributed by atoms with van der Waals surface area (Å²) in [5, 5.41) is 4.89. The molecule has 0 aromatic carbocycles. The number of carbonyl (C=O) groups is 1. The Kier molecular flexibility index (Phi) is 4.18. The molecule has 0 saturated carbocycles. The van der Waals surface area contributed by atoms with Gasteiger partial charge in [0.15, 0.2) is 0 Å². The van der Waals surface area contributed by atoms with E-state index >= 15 is 0 Å². The van der Waals surface area contributed by atoms with Crippen LogP contribution in [0, 0.1) is 6.92 Å². The van der Waals surface area contributed by atoms with Crippen molar-refractivity contribution in [1.29, 1.82) is 0 Å². The minimum absolute atomic E-state index is 0.0707. The number of aromatic nitrogens is 1. The van der Waals surface area contributed by atoms with Gasteiger partial charge in [0, 0.05) is 17.6 Å². The van der Waals surface area contributed by atoms with E-state index in [1.54, 1.807) is 18.4 Å². The summed E-state index contributed by atoms with van der Waals surface area (Å²) in [7, 11) is 1.33. The van der Waals surface area contributed by atoms with Crippen LogP contribution < -0.4 is 10.2 Å². The summed E-state index contributed by atoms with van der Waals surface area (Å²) in [6, 6.07) is 1.66. The fourth-order valence-electron chi connectivity index (χ4n) is 1.66. The first kappa shape index (κ1) is 13.6. The number of ether oxygens (including phenoxy) is 1. The lowest BCUT2D eigenvalue weighted by Gasteiger charge is -1.99. The predicted molar refractivity (Wildman–Crippen MR) is 70.3 cm³/mol. The van der Waals surface area contributed by atoms with E-state index in [1.165, 1.54) is 7.11 Å². The molecule has 0 spiro atoms. The van der Waals surface area contributed by atoms with Crippen LogP contribution in [0.3, 0.4) is 0 Å². The van der Waals surface area contributed by atoms with Crippen LogP contribution in [-0.2, 0) is 17.8 Å². The maximum absolute atomic E-state index is 11.4. The summed E-state index contributed by atoms with van der Waals surface area (Å²) in [5.41, 5.74) is 1.26. The Balaban J connectivity index is 1.93. The number of hydrogen-bond donors (Lipinski definition) is 2. The Morgan fingerprint density at radius 1 is 1.53 bits per heavy atom. The van der Waals surface area contributed by atoms with Gasteiger partial charge in [-0.3, -0.25) is 4.79 Å². The number of H-pyrrole nitrogens is 1. The number of nitrogens with one attached hydrogen (secondary N) is 2. The van der Waals surface area contributed by atoms with Crippen LogP contribution in [0.1, 0.15) is 27.6 Å². The van der Waals surface area contributed by atoms with Crippen molar-refractivity contribution in [2.75, 3.05) is 7.11 Å². The zero-order valence-corrected chi connectivity index (χ0v) is 11.4. The number of thiazole rings is 1. The van der Waals surface area contributed by atoms with Crippen molar-refractivity contribution in [2.45, 2.75) is 20.0 Å². The largest absolute Gasteiger partial charge is 0.465 e. The molecule has 0 unspecified atom stereocenters. The van der Waals surface area contributed by atoms with E-state index < -0.39 is 5.97 Å². The molecule has 19 heavy (non-hydrogen) atoms. The van der Waals surface area contributed by atoms with Gasteiger partial charge in [-0.25, -0.2) is 4.79 Å². The Morgan fingerprint density at radius 3 is 2.95 bits per heavy atom. The van der Waals surface area contributed by atoms with Gasteiger partial charge >= 0.3 is 10.8 Å². The molecule has 0 atom stereocenters. The molecule has 2 heterocycles. The number of esters is 1. The minimum atomic E-state index is -0.408. The van der Waals surface area contributed by atoms with Crippen molar-refractivity contribution >= 4 is 17.3 Å². The van der Waals surface area contributed by atoms with Crippen molar-refractivity contribution in [3.05, 3.63) is 43.9 Å². The van der Waals surface area contributed by atoms with Crippen LogP contribution in [0.2, 0.25) is 0 Å². The molecule has 102 valence electrons. The molecule has 6 nitrogen and oxygen atoms in total. The normalized spacial score (nSPS) is 10.6. The SMILES string of the molecule is COC(=O)c1cc(CNCc2csc(=O)[nH]2)oc1C. The van der Waals surface area contributed by atoms with Crippen LogP contribution in [-0.4, -0.2) is 18.1 Å². The van der Waals surface area contributed by atoms with Gasteiger partial charge in [0.05, 0.1) is 13.7 Å². The van der Waals surface area contributed by atoms with E-state index in [0.29, 0.717) is 30.2 Å². The lowest BCUT2D eigenvalue weighted by molar-refractivity contribution is 0.0599. The summed E-state index contributed by atoms with van der Waals surface area (Å²) in [6.45, 7) is 2.72. The van der Waals surface area contributed by atoms with E-state index in [-0.39, 0.29) is 4.87 Å². The highest BCUT2D eigenvalue weighted by atomic mass is 32.1. The molecular formula is C12H14N2O4S. The number of aromatic amines is 1. The average Bonchev–Trinajstić information content (AvgIpc) is 2.95. The quantitative estimate of drug-likeness (QED) is 0.810. The number of methoxy groups -OCH3 is 1. The molecule has 0 fully saturated rings. The van der Waals surface area contributed by atoms with Crippen molar-refractivity contribution in [3.63, 3.8) is 0 Å². The topological polar surface area (TPSA) is 84.3 Å². The van der Waals surface area contributed by atoms with Gasteiger partial charge in [-0.05, 0) is 13.0 Å². The van der Waals surface area contributed by atoms with Gasteiger partial charge < -0.3 is 19.5 Å². The fraction of sp³-hybridized carbons (Fsp3) is 0.333. The third-order valence-corrected chi connectivity index (χ3v) is 3.28. The number of aryl methyl sites for hydroxylation is 1. The Bertz CT molecular complexity index is 626. The summed E-state index contributed by atoms with van der Waals surface area (Å²) in [6.07, 6.45) is 0. The van der Waals surface area contributed by atoms with Crippen LogP contribution in [0.5, 0.6) is 0 Å². The summed E-state index contributed by atoms with van der Waals surface area (Å²) in [5.74, 6) is 0.776. The fourth-order valence-corrected chi connectivity index (χ4v) is 2.25. The van der Waals surface area contributed by atoms with Crippen molar-refractivity contribution < 1.29 is 13.9 Å². The summed E-state index contributed by atoms with van der Waals surface area (Å²) < 4.78 is 10.1. The van der Waals surface area contributed by atoms with Gasteiger partial charge in [-0.1, -0.05) is 11.3 Å². The van der Waals surface area contributed by atoms with E-state index in [0.717, 1.165) is 17.0 Å². The van der Waals surface area contributed by atoms with Crippen molar-refractivity contribution in [1.82, 2.24) is 10.3 Å². The number of hydrogen-bond acceptors (Lipinski definition) is 6. The monoisotopic (exact) mass is 282 g/mol. The lowest BCUT2D eigenvalue weighted by atomic mass is 10.2. The van der Waals surface area contributed by atoms with Gasteiger partial charge in [-0.15, -0.1) is 0 Å². The first-order valence-corrected chi connectivity index (χ1v) is 6.53. The second-order valence-electron chi connectivity index (χ2n) is 3.95. The summed E-state index contributed by atoms with van der Waals surface area (Å²) in [4.78, 5) is 25.0. The Morgan fingerprint density at radius 2 is 2.32 bits per heavy atom. The predicted octanol–water partition coefficient (Wildman–Crippen LogP) is 1.41. The zero-order valence-electron chi connectivity index (χ0n) is 10.6. The molecule has 0 amide bonds. The lowest BCUT2D eigenvalue weighted by Crippen LogP contribution is -2.13. The van der Waals surface area contributed by atoms with Gasteiger partial charge in [-0.2, -0.15) is 0 Å². The third-order valence-electron chi connectivity index (χ3n) is 2.56. The number of carbonyl (C=O) groups excluding carboxylic acids is 1. The number of rotatable bonds is 5. The van der Waals surface area contributed by atoms with E-state index in [9.17, 15) is 9.59 Å². The van der Waals surface area contributed by atoms with Crippen LogP contribution >= 0.6 is 11.3 Å². The Labute approximate surface area is 113 Å². The van der Waals surface area contributed by atoms with Crippen molar-refractivity contribution in [2.24, 2.45) is 0 Å². The maximum atomic E-state index is 11.4. The molecule has 0 bridgehead atoms. The van der Waals surface area contributed by atoms with Gasteiger partial charge in [0.2, 0.25) is 0 Å². The molecule has 0 saturated heterocycles. The second kappa shape index (κ2) is 5.85. The average molecular weight is 282 g/mol. The molecule has 2 aromatic rings. The highest BCUT2D eigenvalue weighted by molar-refractivity contribution is 7.07.